The van der Waals surface area contributed by atoms with Crippen LogP contribution in [0.1, 0.15) is 30.9 Å². The van der Waals surface area contributed by atoms with Gasteiger partial charge in [-0.1, -0.05) is 0 Å². The van der Waals surface area contributed by atoms with Crippen molar-refractivity contribution in [3.63, 3.8) is 0 Å². The van der Waals surface area contributed by atoms with Crippen LogP contribution in [0, 0.1) is 11.6 Å². The average Bonchev–Trinajstić information content (AvgIpc) is 3.60. The molecule has 35 heavy (non-hydrogen) atoms. The number of nitrogens with zero attached hydrogens (tertiary/aromatic N) is 5. The maximum absolute atomic E-state index is 14.5. The van der Waals surface area contributed by atoms with E-state index in [1.54, 1.807) is 17.2 Å². The molecule has 180 valence electrons. The topological polar surface area (TPSA) is 103 Å². The standard InChI is InChI=1S/C24H22F2N6O3/c25-13-3-4-16(26)15(10-13)18-2-1-7-31(18)19-6-9-32-24(29-19)17(11-27-32)28-20-21(23(35)22(20)34)30-8-5-14(33)12-30/h3-4,6,9-11,14,18,28,33H,1-2,5,7-8,12H2/t14-,18+/m0/s1. The predicted molar refractivity (Wildman–Crippen MR) is 126 cm³/mol. The molecule has 2 aliphatic rings. The molecule has 2 aromatic carbocycles. The fourth-order valence-corrected chi connectivity index (χ4v) is 5.12. The molecular formula is C24H22F2N6O3. The average molecular weight is 480 g/mol. The minimum Gasteiger partial charge on any atom is -0.391 e. The third-order valence-corrected chi connectivity index (χ3v) is 6.84. The molecule has 4 aromatic rings. The summed E-state index contributed by atoms with van der Waals surface area (Å²) in [5.41, 5.74) is 0.371. The summed E-state index contributed by atoms with van der Waals surface area (Å²) in [6.45, 7) is 1.41. The van der Waals surface area contributed by atoms with Crippen LogP contribution < -0.4 is 26.0 Å². The van der Waals surface area contributed by atoms with E-state index in [2.05, 4.69) is 10.4 Å². The number of halogens is 2. The van der Waals surface area contributed by atoms with Gasteiger partial charge in [0.2, 0.25) is 0 Å². The summed E-state index contributed by atoms with van der Waals surface area (Å²) in [4.78, 5) is 32.9. The molecule has 2 aliphatic heterocycles. The number of aromatic nitrogens is 3. The number of benzene rings is 1. The highest BCUT2D eigenvalue weighted by Gasteiger charge is 2.32. The zero-order chi connectivity index (χ0) is 24.3. The number of aliphatic hydroxyl groups excluding tert-OH is 1. The molecule has 0 unspecified atom stereocenters. The highest BCUT2D eigenvalue weighted by atomic mass is 19.1. The zero-order valence-corrected chi connectivity index (χ0v) is 18.6. The summed E-state index contributed by atoms with van der Waals surface area (Å²) in [6, 6.07) is 4.86. The van der Waals surface area contributed by atoms with E-state index in [0.717, 1.165) is 18.6 Å². The predicted octanol–water partition coefficient (Wildman–Crippen LogP) is 2.26. The molecule has 0 aliphatic carbocycles. The molecule has 6 rings (SSSR count). The smallest absolute Gasteiger partial charge is 0.253 e. The Hall–Kier alpha value is -3.86. The van der Waals surface area contributed by atoms with Crippen LogP contribution >= 0.6 is 0 Å². The van der Waals surface area contributed by atoms with Gasteiger partial charge in [-0.25, -0.2) is 18.3 Å². The Balaban J connectivity index is 1.33. The highest BCUT2D eigenvalue weighted by molar-refractivity contribution is 5.84. The number of hydrogen-bond donors (Lipinski definition) is 2. The number of nitrogens with one attached hydrogen (secondary N) is 1. The van der Waals surface area contributed by atoms with Gasteiger partial charge >= 0.3 is 0 Å². The molecule has 11 heteroatoms. The van der Waals surface area contributed by atoms with Crippen molar-refractivity contribution in [2.75, 3.05) is 34.8 Å². The SMILES string of the molecule is O=c1c(Nc2cnn3ccc(N4CCC[C@@H]4c4cc(F)ccc4F)nc23)c(N2CC[C@H](O)C2)c1=O. The van der Waals surface area contributed by atoms with Gasteiger partial charge in [0.1, 0.15) is 34.5 Å². The van der Waals surface area contributed by atoms with E-state index in [-0.39, 0.29) is 23.0 Å². The van der Waals surface area contributed by atoms with Crippen molar-refractivity contribution in [3.05, 3.63) is 74.3 Å². The normalized spacial score (nSPS) is 20.4. The molecule has 2 atom stereocenters. The molecule has 0 spiro atoms. The molecule has 0 bridgehead atoms. The van der Waals surface area contributed by atoms with Crippen LogP contribution in [0.5, 0.6) is 0 Å². The summed E-state index contributed by atoms with van der Waals surface area (Å²) in [5.74, 6) is -0.385. The molecule has 9 nitrogen and oxygen atoms in total. The lowest BCUT2D eigenvalue weighted by Gasteiger charge is -2.26. The highest BCUT2D eigenvalue weighted by Crippen LogP contribution is 2.37. The summed E-state index contributed by atoms with van der Waals surface area (Å²) in [6.07, 6.45) is 4.67. The number of aliphatic hydroxyl groups is 1. The molecule has 0 radical (unpaired) electrons. The van der Waals surface area contributed by atoms with Gasteiger partial charge in [0.25, 0.3) is 10.9 Å². The first-order valence-electron chi connectivity index (χ1n) is 11.5. The largest absolute Gasteiger partial charge is 0.391 e. The monoisotopic (exact) mass is 480 g/mol. The Bertz CT molecular complexity index is 1510. The van der Waals surface area contributed by atoms with Crippen molar-refractivity contribution in [1.29, 1.82) is 0 Å². The van der Waals surface area contributed by atoms with Gasteiger partial charge in [0.05, 0.1) is 18.3 Å². The van der Waals surface area contributed by atoms with Gasteiger partial charge < -0.3 is 20.2 Å². The molecule has 2 N–H and O–H groups in total. The van der Waals surface area contributed by atoms with Crippen LogP contribution in [0.4, 0.5) is 31.7 Å². The van der Waals surface area contributed by atoms with Crippen molar-refractivity contribution >= 4 is 28.5 Å². The summed E-state index contributed by atoms with van der Waals surface area (Å²) in [5, 5.41) is 17.1. The number of hydrogen-bond acceptors (Lipinski definition) is 8. The Morgan fingerprint density at radius 2 is 1.94 bits per heavy atom. The second-order valence-corrected chi connectivity index (χ2v) is 9.02. The van der Waals surface area contributed by atoms with Gasteiger partial charge in [0, 0.05) is 31.4 Å². The second-order valence-electron chi connectivity index (χ2n) is 9.02. The van der Waals surface area contributed by atoms with E-state index >= 15 is 0 Å². The Labute approximate surface area is 197 Å². The van der Waals surface area contributed by atoms with E-state index < -0.39 is 28.6 Å². The summed E-state index contributed by atoms with van der Waals surface area (Å²) >= 11 is 0. The fraction of sp³-hybridized carbons (Fsp3) is 0.333. The minimum absolute atomic E-state index is 0.159. The molecular weight excluding hydrogens is 458 g/mol. The second kappa shape index (κ2) is 8.12. The molecule has 2 saturated heterocycles. The maximum Gasteiger partial charge on any atom is 0.253 e. The third-order valence-electron chi connectivity index (χ3n) is 6.84. The number of anilines is 4. The van der Waals surface area contributed by atoms with Gasteiger partial charge in [-0.3, -0.25) is 9.59 Å². The lowest BCUT2D eigenvalue weighted by Crippen LogP contribution is -2.41. The van der Waals surface area contributed by atoms with E-state index in [1.165, 1.54) is 16.8 Å². The van der Waals surface area contributed by atoms with Gasteiger partial charge in [-0.15, -0.1) is 0 Å². The molecule has 0 amide bonds. The third kappa shape index (κ3) is 3.54. The first-order chi connectivity index (χ1) is 16.9. The molecule has 2 aromatic heterocycles. The van der Waals surface area contributed by atoms with E-state index in [4.69, 9.17) is 4.98 Å². The van der Waals surface area contributed by atoms with E-state index in [0.29, 0.717) is 49.6 Å². The van der Waals surface area contributed by atoms with Crippen molar-refractivity contribution in [3.8, 4) is 0 Å². The lowest BCUT2D eigenvalue weighted by molar-refractivity contribution is 0.198. The zero-order valence-electron chi connectivity index (χ0n) is 18.6. The fourth-order valence-electron chi connectivity index (χ4n) is 5.12. The van der Waals surface area contributed by atoms with Crippen LogP contribution in [-0.2, 0) is 0 Å². The Kier molecular flexibility index (Phi) is 5.03. The van der Waals surface area contributed by atoms with Gasteiger partial charge in [-0.2, -0.15) is 5.10 Å². The first kappa shape index (κ1) is 21.7. The maximum atomic E-state index is 14.5. The molecule has 2 fully saturated rings. The van der Waals surface area contributed by atoms with Gasteiger partial charge in [0.15, 0.2) is 5.65 Å². The lowest BCUT2D eigenvalue weighted by atomic mass is 10.0. The van der Waals surface area contributed by atoms with E-state index in [9.17, 15) is 23.5 Å². The number of fused-ring (bicyclic) bond motifs is 1. The minimum atomic E-state index is -0.627. The van der Waals surface area contributed by atoms with Crippen molar-refractivity contribution in [1.82, 2.24) is 14.6 Å². The van der Waals surface area contributed by atoms with Crippen molar-refractivity contribution in [2.45, 2.75) is 31.4 Å². The number of β-amino-alcohol motifs (C(OH)–C–C–N with tert-alkyl or cyclic N) is 1. The Morgan fingerprint density at radius 3 is 2.74 bits per heavy atom. The summed E-state index contributed by atoms with van der Waals surface area (Å²) < 4.78 is 29.9. The molecule has 4 heterocycles. The quantitative estimate of drug-likeness (QED) is 0.420. The van der Waals surface area contributed by atoms with Crippen LogP contribution in [0.25, 0.3) is 5.65 Å². The van der Waals surface area contributed by atoms with E-state index in [1.807, 2.05) is 4.90 Å². The molecule has 0 saturated carbocycles. The van der Waals surface area contributed by atoms with Crippen LogP contribution in [0.15, 0.2) is 46.2 Å². The van der Waals surface area contributed by atoms with Crippen molar-refractivity contribution < 1.29 is 13.9 Å². The van der Waals surface area contributed by atoms with Crippen LogP contribution in [0.2, 0.25) is 0 Å². The Morgan fingerprint density at radius 1 is 1.09 bits per heavy atom. The van der Waals surface area contributed by atoms with Crippen molar-refractivity contribution in [2.24, 2.45) is 0 Å². The van der Waals surface area contributed by atoms with Crippen LogP contribution in [0.3, 0.4) is 0 Å². The summed E-state index contributed by atoms with van der Waals surface area (Å²) in [7, 11) is 0. The van der Waals surface area contributed by atoms with Gasteiger partial charge in [-0.05, 0) is 43.5 Å². The first-order valence-corrected chi connectivity index (χ1v) is 11.5. The van der Waals surface area contributed by atoms with Crippen LogP contribution in [-0.4, -0.2) is 45.4 Å². The number of rotatable bonds is 5.